The average Bonchev–Trinajstić information content (AvgIpc) is 3.32. The molecule has 0 bridgehead atoms. The van der Waals surface area contributed by atoms with E-state index in [4.69, 9.17) is 4.74 Å². The molecule has 5 nitrogen and oxygen atoms in total. The van der Waals surface area contributed by atoms with Gasteiger partial charge in [0.2, 0.25) is 11.8 Å². The Labute approximate surface area is 176 Å². The van der Waals surface area contributed by atoms with Crippen LogP contribution in [0.2, 0.25) is 0 Å². The minimum atomic E-state index is -0.472. The van der Waals surface area contributed by atoms with Gasteiger partial charge in [0.05, 0.1) is 18.9 Å². The van der Waals surface area contributed by atoms with Crippen molar-refractivity contribution in [2.45, 2.75) is 25.7 Å². The van der Waals surface area contributed by atoms with Gasteiger partial charge >= 0.3 is 0 Å². The summed E-state index contributed by atoms with van der Waals surface area (Å²) in [6.07, 6.45) is 2.47. The maximum Gasteiger partial charge on any atom is 0.230 e. The second kappa shape index (κ2) is 8.46. The topological polar surface area (TPSA) is 49.9 Å². The quantitative estimate of drug-likeness (QED) is 0.736. The molecule has 4 rings (SSSR count). The van der Waals surface area contributed by atoms with Gasteiger partial charge in [-0.05, 0) is 42.5 Å². The van der Waals surface area contributed by atoms with Gasteiger partial charge < -0.3 is 14.5 Å². The van der Waals surface area contributed by atoms with Crippen LogP contribution in [0.3, 0.4) is 0 Å². The van der Waals surface area contributed by atoms with Crippen LogP contribution in [0, 0.1) is 11.2 Å². The fraction of sp³-hybridized carbons (Fsp3) is 0.417. The number of methoxy groups -OCH3 is 1. The van der Waals surface area contributed by atoms with E-state index in [9.17, 15) is 14.0 Å². The zero-order chi connectivity index (χ0) is 21.1. The fourth-order valence-corrected chi connectivity index (χ4v) is 4.59. The average molecular weight is 410 g/mol. The van der Waals surface area contributed by atoms with Crippen molar-refractivity contribution < 1.29 is 18.7 Å². The van der Waals surface area contributed by atoms with Gasteiger partial charge in [-0.3, -0.25) is 9.59 Å². The zero-order valence-corrected chi connectivity index (χ0v) is 17.3. The number of likely N-dealkylation sites (tertiary alicyclic amines) is 2. The maximum absolute atomic E-state index is 13.9. The molecule has 0 saturated carbocycles. The predicted octanol–water partition coefficient (Wildman–Crippen LogP) is 3.07. The summed E-state index contributed by atoms with van der Waals surface area (Å²) >= 11 is 0. The highest BCUT2D eigenvalue weighted by Gasteiger charge is 2.51. The molecule has 1 spiro atoms. The number of benzene rings is 2. The predicted molar refractivity (Wildman–Crippen MR) is 112 cm³/mol. The third-order valence-corrected chi connectivity index (χ3v) is 6.39. The van der Waals surface area contributed by atoms with Gasteiger partial charge in [-0.2, -0.15) is 0 Å². The van der Waals surface area contributed by atoms with Crippen LogP contribution in [-0.2, 0) is 22.4 Å². The van der Waals surface area contributed by atoms with Crippen molar-refractivity contribution in [1.29, 1.82) is 0 Å². The minimum Gasteiger partial charge on any atom is -0.494 e. The lowest BCUT2D eigenvalue weighted by molar-refractivity contribution is -0.136. The molecule has 2 heterocycles. The summed E-state index contributed by atoms with van der Waals surface area (Å²) in [6, 6.07) is 14.8. The molecule has 2 aliphatic heterocycles. The summed E-state index contributed by atoms with van der Waals surface area (Å²) in [4.78, 5) is 29.6. The second-order valence-corrected chi connectivity index (χ2v) is 8.27. The summed E-state index contributed by atoms with van der Waals surface area (Å²) in [5, 5.41) is 0. The molecule has 2 amide bonds. The van der Waals surface area contributed by atoms with Gasteiger partial charge in [0.25, 0.3) is 0 Å². The first-order valence-electron chi connectivity index (χ1n) is 10.4. The van der Waals surface area contributed by atoms with Gasteiger partial charge in [-0.1, -0.05) is 36.4 Å². The highest BCUT2D eigenvalue weighted by atomic mass is 19.1. The number of carbonyl (C=O) groups excluding carboxylic acids is 2. The number of hydrogen-bond donors (Lipinski definition) is 0. The first kappa shape index (κ1) is 20.4. The lowest BCUT2D eigenvalue weighted by Crippen LogP contribution is -2.39. The Kier molecular flexibility index (Phi) is 5.75. The molecule has 2 fully saturated rings. The van der Waals surface area contributed by atoms with E-state index in [1.54, 1.807) is 11.0 Å². The van der Waals surface area contributed by atoms with E-state index < -0.39 is 11.2 Å². The molecule has 30 heavy (non-hydrogen) atoms. The van der Waals surface area contributed by atoms with Crippen molar-refractivity contribution in [2.24, 2.45) is 5.41 Å². The number of hydrogen-bond acceptors (Lipinski definition) is 3. The monoisotopic (exact) mass is 410 g/mol. The molecular weight excluding hydrogens is 383 g/mol. The molecule has 0 aromatic heterocycles. The van der Waals surface area contributed by atoms with Crippen LogP contribution in [-0.4, -0.2) is 54.9 Å². The van der Waals surface area contributed by atoms with Crippen molar-refractivity contribution in [3.8, 4) is 5.75 Å². The number of ether oxygens (including phenoxy) is 1. The van der Waals surface area contributed by atoms with Crippen molar-refractivity contribution in [1.82, 2.24) is 9.80 Å². The Morgan fingerprint density at radius 2 is 1.87 bits per heavy atom. The summed E-state index contributed by atoms with van der Waals surface area (Å²) in [7, 11) is 1.41. The van der Waals surface area contributed by atoms with E-state index >= 15 is 0 Å². The van der Waals surface area contributed by atoms with Crippen LogP contribution < -0.4 is 4.74 Å². The number of halogens is 1. The Hall–Kier alpha value is -2.89. The van der Waals surface area contributed by atoms with Gasteiger partial charge in [0.15, 0.2) is 11.6 Å². The number of rotatable bonds is 6. The highest BCUT2D eigenvalue weighted by Crippen LogP contribution is 2.41. The van der Waals surface area contributed by atoms with Crippen LogP contribution in [0.15, 0.2) is 48.5 Å². The number of amides is 2. The standard InChI is InChI=1S/C24H27FN2O3/c1-30-21-8-7-19(15-20(21)25)16-22(28)27-14-11-24(17-27)10-13-26(23(24)29)12-9-18-5-3-2-4-6-18/h2-8,15H,9-14,16-17H2,1H3. The largest absolute Gasteiger partial charge is 0.494 e. The molecule has 6 heteroatoms. The minimum absolute atomic E-state index is 0.0630. The van der Waals surface area contributed by atoms with Gasteiger partial charge in [0.1, 0.15) is 0 Å². The van der Waals surface area contributed by atoms with E-state index in [-0.39, 0.29) is 24.0 Å². The van der Waals surface area contributed by atoms with Crippen molar-refractivity contribution >= 4 is 11.8 Å². The van der Waals surface area contributed by atoms with Gasteiger partial charge in [-0.25, -0.2) is 4.39 Å². The van der Waals surface area contributed by atoms with E-state index in [1.165, 1.54) is 24.8 Å². The van der Waals surface area contributed by atoms with Crippen molar-refractivity contribution in [3.63, 3.8) is 0 Å². The van der Waals surface area contributed by atoms with E-state index in [0.29, 0.717) is 31.6 Å². The Balaban J connectivity index is 1.34. The van der Waals surface area contributed by atoms with Gasteiger partial charge in [-0.15, -0.1) is 0 Å². The lowest BCUT2D eigenvalue weighted by Gasteiger charge is -2.24. The number of nitrogens with zero attached hydrogens (tertiary/aromatic N) is 2. The van der Waals surface area contributed by atoms with Crippen molar-refractivity contribution in [3.05, 3.63) is 65.5 Å². The molecule has 2 saturated heterocycles. The van der Waals surface area contributed by atoms with Crippen LogP contribution >= 0.6 is 0 Å². The van der Waals surface area contributed by atoms with E-state index in [2.05, 4.69) is 12.1 Å². The van der Waals surface area contributed by atoms with Gasteiger partial charge in [0, 0.05) is 26.2 Å². The molecule has 2 aromatic rings. The molecule has 1 unspecified atom stereocenters. The summed E-state index contributed by atoms with van der Waals surface area (Å²) < 4.78 is 18.8. The third-order valence-electron chi connectivity index (χ3n) is 6.39. The van der Waals surface area contributed by atoms with E-state index in [1.807, 2.05) is 23.1 Å². The van der Waals surface area contributed by atoms with Crippen molar-refractivity contribution in [2.75, 3.05) is 33.3 Å². The smallest absolute Gasteiger partial charge is 0.230 e. The Morgan fingerprint density at radius 3 is 2.60 bits per heavy atom. The molecule has 0 radical (unpaired) electrons. The van der Waals surface area contributed by atoms with Crippen LogP contribution in [0.5, 0.6) is 5.75 Å². The van der Waals surface area contributed by atoms with Crippen LogP contribution in [0.1, 0.15) is 24.0 Å². The molecular formula is C24H27FN2O3. The third kappa shape index (κ3) is 4.04. The molecule has 1 atom stereocenters. The first-order valence-corrected chi connectivity index (χ1v) is 10.4. The highest BCUT2D eigenvalue weighted by molar-refractivity contribution is 5.87. The molecule has 0 N–H and O–H groups in total. The number of carbonyl (C=O) groups is 2. The first-order chi connectivity index (χ1) is 14.5. The fourth-order valence-electron chi connectivity index (χ4n) is 4.59. The summed E-state index contributed by atoms with van der Waals surface area (Å²) in [5.41, 5.74) is 1.39. The summed E-state index contributed by atoms with van der Waals surface area (Å²) in [5.74, 6) is -0.199. The lowest BCUT2D eigenvalue weighted by atomic mass is 9.85. The molecule has 2 aliphatic rings. The molecule has 158 valence electrons. The Morgan fingerprint density at radius 1 is 1.10 bits per heavy atom. The van der Waals surface area contributed by atoms with Crippen LogP contribution in [0.4, 0.5) is 4.39 Å². The molecule has 0 aliphatic carbocycles. The second-order valence-electron chi connectivity index (χ2n) is 8.27. The maximum atomic E-state index is 13.9. The zero-order valence-electron chi connectivity index (χ0n) is 17.3. The summed E-state index contributed by atoms with van der Waals surface area (Å²) in [6.45, 7) is 2.50. The molecule has 2 aromatic carbocycles. The van der Waals surface area contributed by atoms with E-state index in [0.717, 1.165) is 19.4 Å². The van der Waals surface area contributed by atoms with Crippen LogP contribution in [0.25, 0.3) is 0 Å². The normalized spacial score (nSPS) is 20.9. The SMILES string of the molecule is COc1ccc(CC(=O)N2CCC3(CCN(CCc4ccccc4)C3=O)C2)cc1F. The Bertz CT molecular complexity index is 933.